The van der Waals surface area contributed by atoms with Crippen molar-refractivity contribution < 1.29 is 9.84 Å². The highest BCUT2D eigenvalue weighted by Crippen LogP contribution is 2.30. The normalized spacial score (nSPS) is 12.2. The number of ether oxygens (including phenoxy) is 1. The van der Waals surface area contributed by atoms with Crippen LogP contribution < -0.4 is 4.74 Å². The van der Waals surface area contributed by atoms with Gasteiger partial charge >= 0.3 is 0 Å². The molecule has 1 heterocycles. The van der Waals surface area contributed by atoms with Crippen LogP contribution in [-0.2, 0) is 0 Å². The lowest BCUT2D eigenvalue weighted by molar-refractivity contribution is 0.207. The SMILES string of the molecule is COc1nccnc1C(O)c1cc(Cl)cc(Br)c1. The quantitative estimate of drug-likeness (QED) is 0.940. The van der Waals surface area contributed by atoms with Crippen molar-refractivity contribution in [2.75, 3.05) is 7.11 Å². The molecule has 2 aromatic rings. The van der Waals surface area contributed by atoms with Crippen molar-refractivity contribution in [3.8, 4) is 5.88 Å². The lowest BCUT2D eigenvalue weighted by atomic mass is 10.1. The Kier molecular flexibility index (Phi) is 4.16. The van der Waals surface area contributed by atoms with Crippen LogP contribution in [0.25, 0.3) is 0 Å². The third-order valence-corrected chi connectivity index (χ3v) is 3.02. The summed E-state index contributed by atoms with van der Waals surface area (Å²) in [4.78, 5) is 8.09. The molecule has 0 spiro atoms. The second-order valence-electron chi connectivity index (χ2n) is 3.56. The first kappa shape index (κ1) is 13.3. The highest BCUT2D eigenvalue weighted by molar-refractivity contribution is 9.10. The Morgan fingerprint density at radius 1 is 1.28 bits per heavy atom. The molecule has 6 heteroatoms. The first-order chi connectivity index (χ1) is 8.61. The number of halogens is 2. The molecule has 0 aliphatic rings. The molecule has 94 valence electrons. The van der Waals surface area contributed by atoms with E-state index in [4.69, 9.17) is 16.3 Å². The number of aliphatic hydroxyl groups is 1. The molecule has 0 saturated heterocycles. The van der Waals surface area contributed by atoms with E-state index in [1.807, 2.05) is 0 Å². The van der Waals surface area contributed by atoms with Crippen molar-refractivity contribution in [1.82, 2.24) is 9.97 Å². The van der Waals surface area contributed by atoms with Crippen molar-refractivity contribution in [2.45, 2.75) is 6.10 Å². The number of rotatable bonds is 3. The maximum atomic E-state index is 10.3. The molecule has 0 aliphatic heterocycles. The van der Waals surface area contributed by atoms with Crippen molar-refractivity contribution in [3.05, 3.63) is 51.3 Å². The van der Waals surface area contributed by atoms with E-state index in [1.54, 1.807) is 18.2 Å². The Morgan fingerprint density at radius 3 is 2.67 bits per heavy atom. The number of hydrogen-bond acceptors (Lipinski definition) is 4. The first-order valence-corrected chi connectivity index (χ1v) is 6.28. The average molecular weight is 330 g/mol. The summed E-state index contributed by atoms with van der Waals surface area (Å²) < 4.78 is 5.85. The predicted molar refractivity (Wildman–Crippen MR) is 71.8 cm³/mol. The van der Waals surface area contributed by atoms with Gasteiger partial charge in [-0.1, -0.05) is 27.5 Å². The van der Waals surface area contributed by atoms with E-state index in [0.717, 1.165) is 4.47 Å². The van der Waals surface area contributed by atoms with E-state index in [2.05, 4.69) is 25.9 Å². The molecule has 0 bridgehead atoms. The third kappa shape index (κ3) is 2.80. The number of methoxy groups -OCH3 is 1. The molecule has 0 radical (unpaired) electrons. The highest BCUT2D eigenvalue weighted by Gasteiger charge is 2.18. The summed E-state index contributed by atoms with van der Waals surface area (Å²) >= 11 is 9.27. The van der Waals surface area contributed by atoms with Gasteiger partial charge in [-0.2, -0.15) is 0 Å². The lowest BCUT2D eigenvalue weighted by Crippen LogP contribution is -2.06. The van der Waals surface area contributed by atoms with Crippen molar-refractivity contribution >= 4 is 27.5 Å². The van der Waals surface area contributed by atoms with Crippen LogP contribution in [0.5, 0.6) is 5.88 Å². The summed E-state index contributed by atoms with van der Waals surface area (Å²) in [6.45, 7) is 0. The molecule has 0 amide bonds. The van der Waals surface area contributed by atoms with E-state index in [9.17, 15) is 5.11 Å². The van der Waals surface area contributed by atoms with Gasteiger partial charge in [0.25, 0.3) is 0 Å². The Bertz CT molecular complexity index is 545. The van der Waals surface area contributed by atoms with Crippen LogP contribution in [0, 0.1) is 0 Å². The maximum Gasteiger partial charge on any atom is 0.238 e. The van der Waals surface area contributed by atoms with Gasteiger partial charge in [0.05, 0.1) is 7.11 Å². The largest absolute Gasteiger partial charge is 0.480 e. The molecule has 1 atom stereocenters. The number of hydrogen-bond donors (Lipinski definition) is 1. The van der Waals surface area contributed by atoms with Gasteiger partial charge in [0.15, 0.2) is 0 Å². The maximum absolute atomic E-state index is 10.3. The number of benzene rings is 1. The molecule has 1 unspecified atom stereocenters. The standard InChI is InChI=1S/C12H10BrClN2O2/c1-18-12-10(15-2-3-16-12)11(17)7-4-8(13)6-9(14)5-7/h2-6,11,17H,1H3. The van der Waals surface area contributed by atoms with Crippen molar-refractivity contribution in [3.63, 3.8) is 0 Å². The highest BCUT2D eigenvalue weighted by atomic mass is 79.9. The smallest absolute Gasteiger partial charge is 0.238 e. The van der Waals surface area contributed by atoms with E-state index >= 15 is 0 Å². The number of aliphatic hydroxyl groups excluding tert-OH is 1. The zero-order chi connectivity index (χ0) is 13.1. The van der Waals surface area contributed by atoms with Crippen LogP contribution in [0.15, 0.2) is 35.1 Å². The molecule has 18 heavy (non-hydrogen) atoms. The van der Waals surface area contributed by atoms with Gasteiger partial charge in [-0.15, -0.1) is 0 Å². The van der Waals surface area contributed by atoms with E-state index in [0.29, 0.717) is 22.2 Å². The first-order valence-electron chi connectivity index (χ1n) is 5.10. The van der Waals surface area contributed by atoms with Crippen LogP contribution in [0.1, 0.15) is 17.4 Å². The molecule has 1 N–H and O–H groups in total. The molecule has 0 fully saturated rings. The Balaban J connectivity index is 2.44. The van der Waals surface area contributed by atoms with Crippen LogP contribution >= 0.6 is 27.5 Å². The molecule has 2 rings (SSSR count). The van der Waals surface area contributed by atoms with Crippen molar-refractivity contribution in [2.24, 2.45) is 0 Å². The summed E-state index contributed by atoms with van der Waals surface area (Å²) in [5.41, 5.74) is 0.974. The summed E-state index contributed by atoms with van der Waals surface area (Å²) in [6, 6.07) is 5.18. The minimum absolute atomic E-state index is 0.293. The molecular formula is C12H10BrClN2O2. The molecule has 4 nitrogen and oxygen atoms in total. The van der Waals surface area contributed by atoms with Crippen LogP contribution in [-0.4, -0.2) is 22.2 Å². The molecule has 1 aromatic heterocycles. The van der Waals surface area contributed by atoms with Crippen molar-refractivity contribution in [1.29, 1.82) is 0 Å². The fourth-order valence-electron chi connectivity index (χ4n) is 1.57. The summed E-state index contributed by atoms with van der Waals surface area (Å²) in [5, 5.41) is 10.8. The van der Waals surface area contributed by atoms with Gasteiger partial charge in [-0.25, -0.2) is 4.98 Å². The van der Waals surface area contributed by atoms with Crippen LogP contribution in [0.4, 0.5) is 0 Å². The lowest BCUT2D eigenvalue weighted by Gasteiger charge is -2.13. The minimum Gasteiger partial charge on any atom is -0.480 e. The van der Waals surface area contributed by atoms with Gasteiger partial charge in [0.2, 0.25) is 5.88 Å². The van der Waals surface area contributed by atoms with E-state index < -0.39 is 6.10 Å². The fraction of sp³-hybridized carbons (Fsp3) is 0.167. The average Bonchev–Trinajstić information content (AvgIpc) is 2.36. The summed E-state index contributed by atoms with van der Waals surface area (Å²) in [7, 11) is 1.48. The summed E-state index contributed by atoms with van der Waals surface area (Å²) in [5.74, 6) is 0.293. The fourth-order valence-corrected chi connectivity index (χ4v) is 2.46. The predicted octanol–water partition coefficient (Wildman–Crippen LogP) is 2.98. The molecular weight excluding hydrogens is 320 g/mol. The van der Waals surface area contributed by atoms with Crippen LogP contribution in [0.3, 0.4) is 0 Å². The zero-order valence-corrected chi connectivity index (χ0v) is 11.8. The Hall–Kier alpha value is -1.17. The Morgan fingerprint density at radius 2 is 2.00 bits per heavy atom. The monoisotopic (exact) mass is 328 g/mol. The topological polar surface area (TPSA) is 55.2 Å². The van der Waals surface area contributed by atoms with E-state index in [-0.39, 0.29) is 0 Å². The van der Waals surface area contributed by atoms with Gasteiger partial charge < -0.3 is 9.84 Å². The van der Waals surface area contributed by atoms with Gasteiger partial charge in [-0.05, 0) is 23.8 Å². The minimum atomic E-state index is -0.941. The van der Waals surface area contributed by atoms with Crippen LogP contribution in [0.2, 0.25) is 5.02 Å². The second-order valence-corrected chi connectivity index (χ2v) is 4.91. The second kappa shape index (κ2) is 5.65. The van der Waals surface area contributed by atoms with Gasteiger partial charge in [-0.3, -0.25) is 4.98 Å². The summed E-state index contributed by atoms with van der Waals surface area (Å²) in [6.07, 6.45) is 2.06. The molecule has 0 aliphatic carbocycles. The van der Waals surface area contributed by atoms with Gasteiger partial charge in [0, 0.05) is 21.9 Å². The third-order valence-electron chi connectivity index (χ3n) is 2.34. The number of nitrogens with zero attached hydrogens (tertiary/aromatic N) is 2. The van der Waals surface area contributed by atoms with E-state index in [1.165, 1.54) is 19.5 Å². The molecule has 0 saturated carbocycles. The Labute approximate surface area is 118 Å². The zero-order valence-electron chi connectivity index (χ0n) is 9.47. The molecule has 1 aromatic carbocycles. The van der Waals surface area contributed by atoms with Gasteiger partial charge in [0.1, 0.15) is 11.8 Å². The number of aromatic nitrogens is 2.